The number of fused-ring (bicyclic) bond motifs is 2. The van der Waals surface area contributed by atoms with Crippen molar-refractivity contribution in [3.8, 4) is 11.5 Å². The molecule has 1 aromatic carbocycles. The summed E-state index contributed by atoms with van der Waals surface area (Å²) >= 11 is 0. The maximum atomic E-state index is 11.9. The number of nitrogens with zero attached hydrogens (tertiary/aromatic N) is 3. The number of hydrogen-bond acceptors (Lipinski definition) is 5. The van der Waals surface area contributed by atoms with Crippen LogP contribution in [-0.4, -0.2) is 26.8 Å². The minimum atomic E-state index is -0.447. The van der Waals surface area contributed by atoms with E-state index in [-0.39, 0.29) is 0 Å². The average molecular weight is 427 g/mol. The van der Waals surface area contributed by atoms with Crippen LogP contribution >= 0.6 is 0 Å². The molecule has 0 spiro atoms. The molecule has 32 heavy (non-hydrogen) atoms. The molecule has 0 fully saturated rings. The van der Waals surface area contributed by atoms with Gasteiger partial charge in [0.1, 0.15) is 0 Å². The standard InChI is InChI=1S/C25H26N6O/c1-16-14-20-18(23(26)32)10-7-13-31(20)22(16)25-29-19-11-5-6-12-27-21(19)24(30-25)28-15-17-8-3-2-4-9-17/h2-4,7-10,13-14,27H,5-6,11-12,15H2,1H3,(H2,26,32)(H,28,29,30). The van der Waals surface area contributed by atoms with Crippen molar-refractivity contribution in [3.63, 3.8) is 0 Å². The number of carbonyl (C=O) groups excluding carboxylic acids is 1. The van der Waals surface area contributed by atoms with Gasteiger partial charge in [0.05, 0.1) is 28.2 Å². The zero-order valence-electron chi connectivity index (χ0n) is 18.1. The Labute approximate surface area is 186 Å². The van der Waals surface area contributed by atoms with E-state index in [0.29, 0.717) is 17.9 Å². The van der Waals surface area contributed by atoms with E-state index in [0.717, 1.165) is 59.8 Å². The van der Waals surface area contributed by atoms with Crippen LogP contribution in [0.3, 0.4) is 0 Å². The van der Waals surface area contributed by atoms with Crippen LogP contribution < -0.4 is 16.4 Å². The summed E-state index contributed by atoms with van der Waals surface area (Å²) in [6.45, 7) is 3.59. The number of nitrogens with one attached hydrogen (secondary N) is 2. The molecule has 0 atom stereocenters. The first-order valence-corrected chi connectivity index (χ1v) is 11.0. The third kappa shape index (κ3) is 3.66. The average Bonchev–Trinajstić information content (AvgIpc) is 2.96. The van der Waals surface area contributed by atoms with Crippen LogP contribution in [-0.2, 0) is 13.0 Å². The van der Waals surface area contributed by atoms with Crippen molar-refractivity contribution in [2.45, 2.75) is 32.7 Å². The normalized spacial score (nSPS) is 13.3. The van der Waals surface area contributed by atoms with Gasteiger partial charge in [-0.05, 0) is 55.5 Å². The number of nitrogens with two attached hydrogens (primary N) is 1. The Morgan fingerprint density at radius 2 is 2.00 bits per heavy atom. The number of rotatable bonds is 5. The van der Waals surface area contributed by atoms with E-state index < -0.39 is 5.91 Å². The molecular formula is C25H26N6O. The molecule has 1 aliphatic rings. The molecule has 7 heteroatoms. The van der Waals surface area contributed by atoms with Gasteiger partial charge in [-0.2, -0.15) is 0 Å². The minimum absolute atomic E-state index is 0.447. The molecule has 1 amide bonds. The van der Waals surface area contributed by atoms with Gasteiger partial charge in [0.15, 0.2) is 11.6 Å². The molecule has 1 aliphatic heterocycles. The van der Waals surface area contributed by atoms with Crippen LogP contribution in [0.5, 0.6) is 0 Å². The van der Waals surface area contributed by atoms with E-state index in [2.05, 4.69) is 22.8 Å². The first kappa shape index (κ1) is 20.1. The van der Waals surface area contributed by atoms with Crippen molar-refractivity contribution < 1.29 is 4.79 Å². The smallest absolute Gasteiger partial charge is 0.250 e. The van der Waals surface area contributed by atoms with Crippen molar-refractivity contribution in [2.24, 2.45) is 5.73 Å². The Hall–Kier alpha value is -3.87. The molecule has 3 aromatic heterocycles. The van der Waals surface area contributed by atoms with Gasteiger partial charge in [-0.15, -0.1) is 0 Å². The van der Waals surface area contributed by atoms with E-state index in [4.69, 9.17) is 15.7 Å². The summed E-state index contributed by atoms with van der Waals surface area (Å²) in [5.41, 5.74) is 11.9. The van der Waals surface area contributed by atoms with Crippen LogP contribution in [0.25, 0.3) is 17.0 Å². The SMILES string of the molecule is Cc1cc2c(C(N)=O)cccn2c1-c1nc2c(c(NCc3ccccc3)n1)NCCCC2. The Bertz CT molecular complexity index is 1300. The van der Waals surface area contributed by atoms with Crippen molar-refractivity contribution in [1.82, 2.24) is 14.4 Å². The molecule has 0 radical (unpaired) electrons. The first-order valence-electron chi connectivity index (χ1n) is 11.0. The van der Waals surface area contributed by atoms with Crippen molar-refractivity contribution in [2.75, 3.05) is 17.2 Å². The lowest BCUT2D eigenvalue weighted by atomic mass is 10.1. The van der Waals surface area contributed by atoms with Crippen LogP contribution in [0.2, 0.25) is 0 Å². The molecule has 4 N–H and O–H groups in total. The first-order chi connectivity index (χ1) is 15.6. The molecule has 0 bridgehead atoms. The van der Waals surface area contributed by atoms with Gasteiger partial charge in [-0.3, -0.25) is 4.79 Å². The fourth-order valence-corrected chi connectivity index (χ4v) is 4.34. The molecule has 4 aromatic rings. The van der Waals surface area contributed by atoms with E-state index >= 15 is 0 Å². The Morgan fingerprint density at radius 1 is 1.16 bits per heavy atom. The lowest BCUT2D eigenvalue weighted by Crippen LogP contribution is -2.13. The second-order valence-corrected chi connectivity index (χ2v) is 8.16. The molecule has 5 rings (SSSR count). The topological polar surface area (TPSA) is 97.3 Å². The number of aromatic nitrogens is 3. The highest BCUT2D eigenvalue weighted by molar-refractivity contribution is 6.00. The molecule has 162 valence electrons. The summed E-state index contributed by atoms with van der Waals surface area (Å²) in [7, 11) is 0. The highest BCUT2D eigenvalue weighted by Crippen LogP contribution is 2.33. The zero-order valence-corrected chi connectivity index (χ0v) is 18.1. The fourth-order valence-electron chi connectivity index (χ4n) is 4.34. The van der Waals surface area contributed by atoms with E-state index in [1.165, 1.54) is 5.56 Å². The maximum absolute atomic E-state index is 11.9. The number of primary amides is 1. The van der Waals surface area contributed by atoms with Gasteiger partial charge in [0.25, 0.3) is 5.91 Å². The predicted molar refractivity (Wildman–Crippen MR) is 127 cm³/mol. The summed E-state index contributed by atoms with van der Waals surface area (Å²) in [6.07, 6.45) is 4.99. The van der Waals surface area contributed by atoms with Crippen LogP contribution in [0.4, 0.5) is 11.5 Å². The Morgan fingerprint density at radius 3 is 2.81 bits per heavy atom. The number of aryl methyl sites for hydroxylation is 2. The van der Waals surface area contributed by atoms with Crippen LogP contribution in [0.15, 0.2) is 54.7 Å². The van der Waals surface area contributed by atoms with Crippen molar-refractivity contribution in [3.05, 3.63) is 77.1 Å². The number of hydrogen-bond donors (Lipinski definition) is 3. The molecule has 0 unspecified atom stereocenters. The van der Waals surface area contributed by atoms with Gasteiger partial charge in [0.2, 0.25) is 0 Å². The van der Waals surface area contributed by atoms with Crippen LogP contribution in [0, 0.1) is 6.92 Å². The largest absolute Gasteiger partial charge is 0.381 e. The number of carbonyl (C=O) groups is 1. The lowest BCUT2D eigenvalue weighted by molar-refractivity contribution is 0.100. The predicted octanol–water partition coefficient (Wildman–Crippen LogP) is 4.16. The van der Waals surface area contributed by atoms with Gasteiger partial charge >= 0.3 is 0 Å². The molecule has 4 heterocycles. The third-order valence-electron chi connectivity index (χ3n) is 5.91. The quantitative estimate of drug-likeness (QED) is 0.445. The number of pyridine rings is 1. The number of amides is 1. The second kappa shape index (κ2) is 8.34. The molecule has 0 saturated heterocycles. The monoisotopic (exact) mass is 426 g/mol. The minimum Gasteiger partial charge on any atom is -0.381 e. The van der Waals surface area contributed by atoms with Gasteiger partial charge in [-0.25, -0.2) is 9.97 Å². The summed E-state index contributed by atoms with van der Waals surface area (Å²) in [6, 6.07) is 15.8. The van der Waals surface area contributed by atoms with Gasteiger partial charge in [0, 0.05) is 19.3 Å². The summed E-state index contributed by atoms with van der Waals surface area (Å²) < 4.78 is 1.96. The van der Waals surface area contributed by atoms with Crippen molar-refractivity contribution >= 4 is 22.9 Å². The van der Waals surface area contributed by atoms with Crippen molar-refractivity contribution in [1.29, 1.82) is 0 Å². The molecular weight excluding hydrogens is 400 g/mol. The summed E-state index contributed by atoms with van der Waals surface area (Å²) in [5, 5.41) is 7.04. The van der Waals surface area contributed by atoms with E-state index in [1.54, 1.807) is 6.07 Å². The number of benzene rings is 1. The number of anilines is 2. The Kier molecular flexibility index (Phi) is 5.23. The molecule has 0 aliphatic carbocycles. The summed E-state index contributed by atoms with van der Waals surface area (Å²) in [5.74, 6) is 0.996. The van der Waals surface area contributed by atoms with Crippen LogP contribution in [0.1, 0.15) is 40.0 Å². The summed E-state index contributed by atoms with van der Waals surface area (Å²) in [4.78, 5) is 21.9. The van der Waals surface area contributed by atoms with E-state index in [1.807, 2.05) is 47.9 Å². The highest BCUT2D eigenvalue weighted by Gasteiger charge is 2.21. The molecule has 0 saturated carbocycles. The van der Waals surface area contributed by atoms with Gasteiger partial charge < -0.3 is 20.8 Å². The lowest BCUT2D eigenvalue weighted by Gasteiger charge is -2.16. The molecule has 7 nitrogen and oxygen atoms in total. The maximum Gasteiger partial charge on any atom is 0.250 e. The third-order valence-corrected chi connectivity index (χ3v) is 5.91. The fraction of sp³-hybridized carbons (Fsp3) is 0.240. The zero-order chi connectivity index (χ0) is 22.1. The van der Waals surface area contributed by atoms with E-state index in [9.17, 15) is 4.79 Å². The highest BCUT2D eigenvalue weighted by atomic mass is 16.1. The second-order valence-electron chi connectivity index (χ2n) is 8.16. The Balaban J connectivity index is 1.63. The van der Waals surface area contributed by atoms with Gasteiger partial charge in [-0.1, -0.05) is 30.3 Å².